The molecule has 0 unspecified atom stereocenters. The first-order valence-corrected chi connectivity index (χ1v) is 5.69. The van der Waals surface area contributed by atoms with Crippen LogP contribution in [0.4, 0.5) is 4.39 Å². The summed E-state index contributed by atoms with van der Waals surface area (Å²) in [5.41, 5.74) is -0.0497. The lowest BCUT2D eigenvalue weighted by molar-refractivity contribution is 0.100. The Kier molecular flexibility index (Phi) is 3.14. The summed E-state index contributed by atoms with van der Waals surface area (Å²) in [6, 6.07) is 1.49. The average molecular weight is 289 g/mol. The van der Waals surface area contributed by atoms with Gasteiger partial charge in [-0.15, -0.1) is 0 Å². The van der Waals surface area contributed by atoms with E-state index in [1.54, 1.807) is 0 Å². The molecule has 0 atom stereocenters. The molecule has 5 heteroatoms. The van der Waals surface area contributed by atoms with Gasteiger partial charge in [-0.3, -0.25) is 4.79 Å². The van der Waals surface area contributed by atoms with Gasteiger partial charge in [-0.05, 0) is 22.9 Å². The van der Waals surface area contributed by atoms with Crippen molar-refractivity contribution >= 4 is 21.7 Å². The molecule has 0 spiro atoms. The highest BCUT2D eigenvalue weighted by Crippen LogP contribution is 2.39. The van der Waals surface area contributed by atoms with Gasteiger partial charge in [0, 0.05) is 12.5 Å². The smallest absolute Gasteiger partial charge is 0.174 e. The van der Waals surface area contributed by atoms with Gasteiger partial charge in [0.1, 0.15) is 5.56 Å². The number of halogens is 2. The van der Waals surface area contributed by atoms with Gasteiger partial charge in [0.05, 0.1) is 17.7 Å². The number of ether oxygens (including phenoxy) is 2. The van der Waals surface area contributed by atoms with Gasteiger partial charge >= 0.3 is 0 Å². The molecule has 1 aliphatic heterocycles. The zero-order valence-electron chi connectivity index (χ0n) is 8.68. The molecule has 86 valence electrons. The molecular formula is C11H10BrFO3. The summed E-state index contributed by atoms with van der Waals surface area (Å²) < 4.78 is 24.8. The molecular weight excluding hydrogens is 279 g/mol. The van der Waals surface area contributed by atoms with Crippen molar-refractivity contribution in [1.82, 2.24) is 0 Å². The minimum absolute atomic E-state index is 0.0497. The molecule has 2 rings (SSSR count). The number of hydrogen-bond donors (Lipinski definition) is 0. The monoisotopic (exact) mass is 288 g/mol. The van der Waals surface area contributed by atoms with Gasteiger partial charge in [-0.1, -0.05) is 0 Å². The van der Waals surface area contributed by atoms with E-state index in [0.717, 1.165) is 0 Å². The molecule has 1 heterocycles. The fourth-order valence-electron chi connectivity index (χ4n) is 1.57. The third kappa shape index (κ3) is 1.91. The number of benzene rings is 1. The largest absolute Gasteiger partial charge is 0.489 e. The number of hydrogen-bond acceptors (Lipinski definition) is 3. The predicted octanol–water partition coefficient (Wildman–Crippen LogP) is 2.95. The second-order valence-corrected chi connectivity index (χ2v) is 4.34. The van der Waals surface area contributed by atoms with Crippen LogP contribution in [-0.4, -0.2) is 19.0 Å². The first-order chi connectivity index (χ1) is 7.61. The minimum atomic E-state index is -0.600. The fraction of sp³-hybridized carbons (Fsp3) is 0.364. The predicted molar refractivity (Wildman–Crippen MR) is 59.7 cm³/mol. The van der Waals surface area contributed by atoms with Gasteiger partial charge in [0.2, 0.25) is 0 Å². The zero-order valence-corrected chi connectivity index (χ0v) is 10.3. The summed E-state index contributed by atoms with van der Waals surface area (Å²) in [6.07, 6.45) is 0.714. The van der Waals surface area contributed by atoms with Crippen molar-refractivity contribution in [2.24, 2.45) is 0 Å². The van der Waals surface area contributed by atoms with Gasteiger partial charge < -0.3 is 9.47 Å². The number of rotatable bonds is 1. The van der Waals surface area contributed by atoms with Crippen LogP contribution in [0, 0.1) is 5.82 Å². The van der Waals surface area contributed by atoms with Crippen molar-refractivity contribution in [2.75, 3.05) is 13.2 Å². The van der Waals surface area contributed by atoms with Crippen molar-refractivity contribution in [3.05, 3.63) is 21.9 Å². The Morgan fingerprint density at radius 3 is 2.81 bits per heavy atom. The summed E-state index contributed by atoms with van der Waals surface area (Å²) >= 11 is 3.06. The standard InChI is InChI=1S/C11H10BrFO3/c1-6(14)9-10(13)7(12)5-8-11(9)16-4-2-3-15-8/h5H,2-4H2,1H3. The van der Waals surface area contributed by atoms with Crippen molar-refractivity contribution in [3.63, 3.8) is 0 Å². The van der Waals surface area contributed by atoms with E-state index in [0.29, 0.717) is 25.4 Å². The Balaban J connectivity index is 2.65. The topological polar surface area (TPSA) is 35.5 Å². The third-order valence-electron chi connectivity index (χ3n) is 2.28. The highest BCUT2D eigenvalue weighted by molar-refractivity contribution is 9.10. The lowest BCUT2D eigenvalue weighted by Gasteiger charge is -2.12. The van der Waals surface area contributed by atoms with E-state index in [9.17, 15) is 9.18 Å². The van der Waals surface area contributed by atoms with Crippen molar-refractivity contribution < 1.29 is 18.7 Å². The van der Waals surface area contributed by atoms with E-state index in [2.05, 4.69) is 15.9 Å². The molecule has 1 aromatic rings. The molecule has 0 aliphatic carbocycles. The van der Waals surface area contributed by atoms with Gasteiger partial charge in [0.25, 0.3) is 0 Å². The maximum atomic E-state index is 13.8. The zero-order chi connectivity index (χ0) is 11.7. The molecule has 0 radical (unpaired) electrons. The van der Waals surface area contributed by atoms with E-state index < -0.39 is 5.82 Å². The summed E-state index contributed by atoms with van der Waals surface area (Å²) in [5.74, 6) is -0.348. The average Bonchev–Trinajstić information content (AvgIpc) is 2.44. The molecule has 0 saturated carbocycles. The lowest BCUT2D eigenvalue weighted by Crippen LogP contribution is -2.05. The molecule has 0 saturated heterocycles. The number of Topliss-reactive ketones (excluding diaryl/α,β-unsaturated/α-hetero) is 1. The van der Waals surface area contributed by atoms with Crippen molar-refractivity contribution in [3.8, 4) is 11.5 Å². The Labute approximate surface area is 101 Å². The number of ketones is 1. The van der Waals surface area contributed by atoms with Crippen LogP contribution in [0.5, 0.6) is 11.5 Å². The Hall–Kier alpha value is -1.10. The molecule has 3 nitrogen and oxygen atoms in total. The Morgan fingerprint density at radius 1 is 1.44 bits per heavy atom. The molecule has 0 amide bonds. The first-order valence-electron chi connectivity index (χ1n) is 4.90. The molecule has 16 heavy (non-hydrogen) atoms. The van der Waals surface area contributed by atoms with E-state index in [1.807, 2.05) is 0 Å². The van der Waals surface area contributed by atoms with Crippen LogP contribution in [0.1, 0.15) is 23.7 Å². The van der Waals surface area contributed by atoms with E-state index in [-0.39, 0.29) is 21.6 Å². The summed E-state index contributed by atoms with van der Waals surface area (Å²) in [7, 11) is 0. The maximum Gasteiger partial charge on any atom is 0.174 e. The first kappa shape index (κ1) is 11.4. The van der Waals surface area contributed by atoms with Crippen molar-refractivity contribution in [2.45, 2.75) is 13.3 Å². The second kappa shape index (κ2) is 4.41. The van der Waals surface area contributed by atoms with E-state index in [1.165, 1.54) is 13.0 Å². The van der Waals surface area contributed by atoms with Crippen LogP contribution >= 0.6 is 15.9 Å². The van der Waals surface area contributed by atoms with Crippen LogP contribution in [0.3, 0.4) is 0 Å². The van der Waals surface area contributed by atoms with Crippen molar-refractivity contribution in [1.29, 1.82) is 0 Å². The van der Waals surface area contributed by atoms with E-state index >= 15 is 0 Å². The molecule has 1 aliphatic rings. The lowest BCUT2D eigenvalue weighted by atomic mass is 10.1. The van der Waals surface area contributed by atoms with E-state index in [4.69, 9.17) is 9.47 Å². The summed E-state index contributed by atoms with van der Waals surface area (Å²) in [5, 5.41) is 0. The summed E-state index contributed by atoms with van der Waals surface area (Å²) in [6.45, 7) is 2.23. The highest BCUT2D eigenvalue weighted by Gasteiger charge is 2.24. The van der Waals surface area contributed by atoms with Crippen LogP contribution < -0.4 is 9.47 Å². The normalized spacial score (nSPS) is 14.4. The molecule has 0 fully saturated rings. The van der Waals surface area contributed by atoms with Gasteiger partial charge in [0.15, 0.2) is 23.1 Å². The van der Waals surface area contributed by atoms with Crippen LogP contribution in [0.25, 0.3) is 0 Å². The maximum absolute atomic E-state index is 13.8. The third-order valence-corrected chi connectivity index (χ3v) is 2.86. The van der Waals surface area contributed by atoms with Crippen LogP contribution in [0.2, 0.25) is 0 Å². The minimum Gasteiger partial charge on any atom is -0.489 e. The van der Waals surface area contributed by atoms with Gasteiger partial charge in [-0.25, -0.2) is 4.39 Å². The van der Waals surface area contributed by atoms with Crippen LogP contribution in [-0.2, 0) is 0 Å². The van der Waals surface area contributed by atoms with Gasteiger partial charge in [-0.2, -0.15) is 0 Å². The second-order valence-electron chi connectivity index (χ2n) is 3.48. The number of carbonyl (C=O) groups is 1. The molecule has 1 aromatic carbocycles. The quantitative estimate of drug-likeness (QED) is 0.746. The fourth-order valence-corrected chi connectivity index (χ4v) is 1.97. The summed E-state index contributed by atoms with van der Waals surface area (Å²) in [4.78, 5) is 11.4. The Bertz CT molecular complexity index is 445. The highest BCUT2D eigenvalue weighted by atomic mass is 79.9. The number of carbonyl (C=O) groups excluding carboxylic acids is 1. The molecule has 0 bridgehead atoms. The van der Waals surface area contributed by atoms with Crippen LogP contribution in [0.15, 0.2) is 10.5 Å². The Morgan fingerprint density at radius 2 is 2.12 bits per heavy atom. The molecule has 0 N–H and O–H groups in total. The molecule has 0 aromatic heterocycles. The number of fused-ring (bicyclic) bond motifs is 1. The SMILES string of the molecule is CC(=O)c1c(F)c(Br)cc2c1OCCCO2.